The normalized spacial score (nSPS) is 11.9. The molecule has 0 atom stereocenters. The zero-order valence-electron chi connectivity index (χ0n) is 17.1. The van der Waals surface area contributed by atoms with Crippen LogP contribution >= 0.6 is 0 Å². The van der Waals surface area contributed by atoms with Gasteiger partial charge in [0.15, 0.2) is 0 Å². The Morgan fingerprint density at radius 2 is 1.54 bits per heavy atom. The number of sulfonamides is 1. The molecule has 1 amide bonds. The van der Waals surface area contributed by atoms with Crippen molar-refractivity contribution in [3.8, 4) is 0 Å². The van der Waals surface area contributed by atoms with Gasteiger partial charge >= 0.3 is 0 Å². The van der Waals surface area contributed by atoms with E-state index >= 15 is 0 Å². The molecule has 2 N–H and O–H groups in total. The van der Waals surface area contributed by atoms with Gasteiger partial charge in [-0.2, -0.15) is 0 Å². The third-order valence-corrected chi connectivity index (χ3v) is 5.82. The van der Waals surface area contributed by atoms with Crippen molar-refractivity contribution in [2.45, 2.75) is 37.5 Å². The van der Waals surface area contributed by atoms with Gasteiger partial charge in [-0.25, -0.2) is 13.1 Å². The minimum absolute atomic E-state index is 0.0327. The van der Waals surface area contributed by atoms with Gasteiger partial charge in [0.2, 0.25) is 15.9 Å². The van der Waals surface area contributed by atoms with Gasteiger partial charge in [0.25, 0.3) is 0 Å². The van der Waals surface area contributed by atoms with Crippen molar-refractivity contribution in [3.63, 3.8) is 0 Å². The summed E-state index contributed by atoms with van der Waals surface area (Å²) < 4.78 is 27.3. The number of hydrogen-bond donors (Lipinski definition) is 2. The van der Waals surface area contributed by atoms with Crippen molar-refractivity contribution >= 4 is 27.3 Å². The van der Waals surface area contributed by atoms with Crippen molar-refractivity contribution in [1.82, 2.24) is 4.72 Å². The van der Waals surface area contributed by atoms with Crippen LogP contribution in [0.2, 0.25) is 0 Å². The third-order valence-electron chi connectivity index (χ3n) is 4.34. The number of hydrogen-bond acceptors (Lipinski definition) is 4. The second-order valence-corrected chi connectivity index (χ2v) is 9.68. The standard InChI is InChI=1S/C21H29N3O3S/c1-21(2,3)16-6-12-19(13-7-16)28(26,27)22-15-14-20(25)23-17-8-10-18(11-9-17)24(4)5/h6-13,22H,14-15H2,1-5H3,(H,23,25). The van der Waals surface area contributed by atoms with Gasteiger partial charge in [0.1, 0.15) is 0 Å². The first-order chi connectivity index (χ1) is 13.0. The van der Waals surface area contributed by atoms with Crippen molar-refractivity contribution in [2.75, 3.05) is 30.9 Å². The Bertz CT molecular complexity index is 897. The second-order valence-electron chi connectivity index (χ2n) is 7.91. The number of nitrogens with one attached hydrogen (secondary N) is 2. The average molecular weight is 404 g/mol. The third kappa shape index (κ3) is 6.07. The van der Waals surface area contributed by atoms with E-state index in [2.05, 4.69) is 30.8 Å². The topological polar surface area (TPSA) is 78.5 Å². The Kier molecular flexibility index (Phi) is 6.85. The molecule has 0 fully saturated rings. The lowest BCUT2D eigenvalue weighted by Crippen LogP contribution is -2.28. The highest BCUT2D eigenvalue weighted by Crippen LogP contribution is 2.23. The van der Waals surface area contributed by atoms with Crippen molar-refractivity contribution in [3.05, 3.63) is 54.1 Å². The van der Waals surface area contributed by atoms with Crippen molar-refractivity contribution in [1.29, 1.82) is 0 Å². The minimum atomic E-state index is -3.64. The molecule has 0 aliphatic carbocycles. The Balaban J connectivity index is 1.88. The summed E-state index contributed by atoms with van der Waals surface area (Å²) in [7, 11) is 0.240. The van der Waals surface area contributed by atoms with E-state index in [0.29, 0.717) is 5.69 Å². The summed E-state index contributed by atoms with van der Waals surface area (Å²) in [6.45, 7) is 6.25. The summed E-state index contributed by atoms with van der Waals surface area (Å²) in [4.78, 5) is 14.2. The zero-order valence-corrected chi connectivity index (χ0v) is 17.9. The van der Waals surface area contributed by atoms with Gasteiger partial charge in [-0.1, -0.05) is 32.9 Å². The van der Waals surface area contributed by atoms with Gasteiger partial charge < -0.3 is 10.2 Å². The second kappa shape index (κ2) is 8.75. The number of carbonyl (C=O) groups is 1. The molecule has 6 nitrogen and oxygen atoms in total. The molecule has 2 aromatic carbocycles. The van der Waals surface area contributed by atoms with Crippen LogP contribution in [-0.4, -0.2) is 35.0 Å². The molecule has 0 saturated carbocycles. The molecule has 0 saturated heterocycles. The van der Waals surface area contributed by atoms with Gasteiger partial charge in [-0.3, -0.25) is 4.79 Å². The predicted octanol–water partition coefficient (Wildman–Crippen LogP) is 3.36. The Morgan fingerprint density at radius 3 is 2.04 bits per heavy atom. The summed E-state index contributed by atoms with van der Waals surface area (Å²) in [6, 6.07) is 14.3. The van der Waals surface area contributed by atoms with Crippen molar-refractivity contribution in [2.24, 2.45) is 0 Å². The van der Waals surface area contributed by atoms with E-state index in [0.717, 1.165) is 11.3 Å². The van der Waals surface area contributed by atoms with E-state index in [1.165, 1.54) is 0 Å². The van der Waals surface area contributed by atoms with E-state index in [9.17, 15) is 13.2 Å². The highest BCUT2D eigenvalue weighted by Gasteiger charge is 2.17. The molecule has 0 aromatic heterocycles. The fourth-order valence-electron chi connectivity index (χ4n) is 2.58. The molecular weight excluding hydrogens is 374 g/mol. The lowest BCUT2D eigenvalue weighted by Gasteiger charge is -2.19. The van der Waals surface area contributed by atoms with Crippen LogP contribution in [0.25, 0.3) is 0 Å². The Labute approximate surface area is 168 Å². The van der Waals surface area contributed by atoms with Crippen LogP contribution in [0.4, 0.5) is 11.4 Å². The molecule has 2 rings (SSSR count). The number of benzene rings is 2. The van der Waals surface area contributed by atoms with Crippen LogP contribution < -0.4 is 14.9 Å². The first-order valence-electron chi connectivity index (χ1n) is 9.16. The van der Waals surface area contributed by atoms with E-state index in [1.807, 2.05) is 55.4 Å². The Hall–Kier alpha value is -2.38. The van der Waals surface area contributed by atoms with Gasteiger partial charge in [-0.15, -0.1) is 0 Å². The molecule has 0 spiro atoms. The number of amides is 1. The molecule has 0 bridgehead atoms. The fourth-order valence-corrected chi connectivity index (χ4v) is 3.61. The zero-order chi connectivity index (χ0) is 20.9. The maximum atomic E-state index is 12.4. The molecule has 0 heterocycles. The molecule has 0 aliphatic rings. The van der Waals surface area contributed by atoms with Crippen LogP contribution in [0.3, 0.4) is 0 Å². The molecule has 2 aromatic rings. The number of rotatable bonds is 7. The maximum Gasteiger partial charge on any atom is 0.240 e. The number of carbonyl (C=O) groups excluding carboxylic acids is 1. The summed E-state index contributed by atoms with van der Waals surface area (Å²) >= 11 is 0. The lowest BCUT2D eigenvalue weighted by molar-refractivity contribution is -0.116. The number of anilines is 2. The molecule has 0 aliphatic heterocycles. The van der Waals surface area contributed by atoms with E-state index < -0.39 is 10.0 Å². The van der Waals surface area contributed by atoms with Crippen LogP contribution in [0.15, 0.2) is 53.4 Å². The van der Waals surface area contributed by atoms with Crippen LogP contribution in [-0.2, 0) is 20.2 Å². The summed E-state index contributed by atoms with van der Waals surface area (Å²) in [6.07, 6.45) is 0.0503. The molecule has 0 radical (unpaired) electrons. The maximum absolute atomic E-state index is 12.4. The van der Waals surface area contributed by atoms with E-state index in [4.69, 9.17) is 0 Å². The van der Waals surface area contributed by atoms with Crippen LogP contribution in [0.1, 0.15) is 32.8 Å². The SMILES string of the molecule is CN(C)c1ccc(NC(=O)CCNS(=O)(=O)c2ccc(C(C)(C)C)cc2)cc1. The van der Waals surface area contributed by atoms with Crippen molar-refractivity contribution < 1.29 is 13.2 Å². The number of nitrogens with zero attached hydrogens (tertiary/aromatic N) is 1. The van der Waals surface area contributed by atoms with E-state index in [-0.39, 0.29) is 29.2 Å². The highest BCUT2D eigenvalue weighted by atomic mass is 32.2. The van der Waals surface area contributed by atoms with E-state index in [1.54, 1.807) is 12.1 Å². The molecule has 0 unspecified atom stereocenters. The molecular formula is C21H29N3O3S. The summed E-state index contributed by atoms with van der Waals surface area (Å²) in [5.41, 5.74) is 2.73. The largest absolute Gasteiger partial charge is 0.378 e. The molecule has 28 heavy (non-hydrogen) atoms. The first kappa shape index (κ1) is 21.9. The molecule has 7 heteroatoms. The van der Waals surface area contributed by atoms with Gasteiger partial charge in [0, 0.05) is 38.4 Å². The van der Waals surface area contributed by atoms with Crippen LogP contribution in [0, 0.1) is 0 Å². The Morgan fingerprint density at radius 1 is 0.964 bits per heavy atom. The highest BCUT2D eigenvalue weighted by molar-refractivity contribution is 7.89. The molecule has 152 valence electrons. The minimum Gasteiger partial charge on any atom is -0.378 e. The van der Waals surface area contributed by atoms with Gasteiger partial charge in [-0.05, 0) is 47.4 Å². The predicted molar refractivity (Wildman–Crippen MR) is 114 cm³/mol. The summed E-state index contributed by atoms with van der Waals surface area (Å²) in [5, 5.41) is 2.77. The lowest BCUT2D eigenvalue weighted by atomic mass is 9.87. The monoisotopic (exact) mass is 403 g/mol. The fraction of sp³-hybridized carbons (Fsp3) is 0.381. The smallest absolute Gasteiger partial charge is 0.240 e. The first-order valence-corrected chi connectivity index (χ1v) is 10.6. The van der Waals surface area contributed by atoms with Crippen LogP contribution in [0.5, 0.6) is 0 Å². The quantitative estimate of drug-likeness (QED) is 0.743. The summed E-state index contributed by atoms with van der Waals surface area (Å²) in [5.74, 6) is -0.247. The van der Waals surface area contributed by atoms with Gasteiger partial charge in [0.05, 0.1) is 4.90 Å². The average Bonchev–Trinajstić information content (AvgIpc) is 2.61.